The number of aryl methyl sites for hydroxylation is 1. The lowest BCUT2D eigenvalue weighted by atomic mass is 9.98. The van der Waals surface area contributed by atoms with Gasteiger partial charge in [0.25, 0.3) is 0 Å². The van der Waals surface area contributed by atoms with Crippen molar-refractivity contribution in [3.05, 3.63) is 35.4 Å². The second-order valence-corrected chi connectivity index (χ2v) is 5.81. The summed E-state index contributed by atoms with van der Waals surface area (Å²) in [7, 11) is 0. The van der Waals surface area contributed by atoms with Crippen molar-refractivity contribution in [2.24, 2.45) is 5.92 Å². The van der Waals surface area contributed by atoms with E-state index in [1.54, 1.807) is 0 Å². The Morgan fingerprint density at radius 1 is 1.45 bits per heavy atom. The summed E-state index contributed by atoms with van der Waals surface area (Å²) in [5.41, 5.74) is 2.34. The monoisotopic (exact) mass is 274 g/mol. The number of hydrogen-bond donors (Lipinski definition) is 1. The Labute approximate surface area is 122 Å². The number of piperidine rings is 1. The summed E-state index contributed by atoms with van der Waals surface area (Å²) in [5, 5.41) is 3.42. The van der Waals surface area contributed by atoms with E-state index in [2.05, 4.69) is 31.3 Å². The van der Waals surface area contributed by atoms with Crippen LogP contribution in [0.4, 0.5) is 0 Å². The minimum Gasteiger partial charge on any atom is -0.342 e. The zero-order valence-electron chi connectivity index (χ0n) is 12.7. The highest BCUT2D eigenvalue weighted by Crippen LogP contribution is 2.13. The Bertz CT molecular complexity index is 438. The van der Waals surface area contributed by atoms with E-state index in [0.717, 1.165) is 31.7 Å². The van der Waals surface area contributed by atoms with E-state index in [4.69, 9.17) is 0 Å². The van der Waals surface area contributed by atoms with Crippen molar-refractivity contribution in [3.63, 3.8) is 0 Å². The van der Waals surface area contributed by atoms with Gasteiger partial charge in [-0.15, -0.1) is 0 Å². The van der Waals surface area contributed by atoms with Gasteiger partial charge in [-0.25, -0.2) is 0 Å². The number of nitrogens with one attached hydrogen (secondary N) is 1. The highest BCUT2D eigenvalue weighted by atomic mass is 16.2. The molecule has 1 aromatic carbocycles. The SMILES string of the molecule is CCN(CC1CCCNC1)C(=O)Cc1cccc(C)c1. The highest BCUT2D eigenvalue weighted by molar-refractivity contribution is 5.78. The third-order valence-electron chi connectivity index (χ3n) is 4.05. The highest BCUT2D eigenvalue weighted by Gasteiger charge is 2.19. The Morgan fingerprint density at radius 3 is 2.95 bits per heavy atom. The lowest BCUT2D eigenvalue weighted by Gasteiger charge is -2.29. The molecule has 1 aromatic rings. The summed E-state index contributed by atoms with van der Waals surface area (Å²) in [6, 6.07) is 8.24. The molecule has 1 heterocycles. The summed E-state index contributed by atoms with van der Waals surface area (Å²) in [6.45, 7) is 8.02. The van der Waals surface area contributed by atoms with E-state index in [-0.39, 0.29) is 5.91 Å². The maximum Gasteiger partial charge on any atom is 0.226 e. The zero-order chi connectivity index (χ0) is 14.4. The number of carbonyl (C=O) groups excluding carboxylic acids is 1. The molecule has 1 aliphatic heterocycles. The van der Waals surface area contributed by atoms with Gasteiger partial charge in [-0.1, -0.05) is 29.8 Å². The minimum atomic E-state index is 0.253. The predicted molar refractivity (Wildman–Crippen MR) is 82.7 cm³/mol. The van der Waals surface area contributed by atoms with E-state index in [9.17, 15) is 4.79 Å². The maximum absolute atomic E-state index is 12.4. The van der Waals surface area contributed by atoms with Crippen molar-refractivity contribution in [2.75, 3.05) is 26.2 Å². The molecule has 1 fully saturated rings. The molecule has 1 atom stereocenters. The van der Waals surface area contributed by atoms with Gasteiger partial charge >= 0.3 is 0 Å². The fourth-order valence-corrected chi connectivity index (χ4v) is 2.91. The van der Waals surface area contributed by atoms with Crippen LogP contribution in [-0.2, 0) is 11.2 Å². The molecule has 0 spiro atoms. The smallest absolute Gasteiger partial charge is 0.226 e. The van der Waals surface area contributed by atoms with Crippen LogP contribution in [-0.4, -0.2) is 37.0 Å². The minimum absolute atomic E-state index is 0.253. The van der Waals surface area contributed by atoms with E-state index >= 15 is 0 Å². The molecule has 1 unspecified atom stereocenters. The molecule has 0 bridgehead atoms. The number of likely N-dealkylation sites (N-methyl/N-ethyl adjacent to an activating group) is 1. The van der Waals surface area contributed by atoms with Crippen LogP contribution in [0.15, 0.2) is 24.3 Å². The van der Waals surface area contributed by atoms with Crippen LogP contribution in [0.3, 0.4) is 0 Å². The van der Waals surface area contributed by atoms with Crippen LogP contribution >= 0.6 is 0 Å². The Morgan fingerprint density at radius 2 is 2.30 bits per heavy atom. The number of rotatable bonds is 5. The van der Waals surface area contributed by atoms with Crippen molar-refractivity contribution in [2.45, 2.75) is 33.1 Å². The second kappa shape index (κ2) is 7.44. The van der Waals surface area contributed by atoms with Crippen molar-refractivity contribution in [1.82, 2.24) is 10.2 Å². The lowest BCUT2D eigenvalue weighted by Crippen LogP contribution is -2.41. The van der Waals surface area contributed by atoms with Crippen molar-refractivity contribution in [3.8, 4) is 0 Å². The van der Waals surface area contributed by atoms with Crippen LogP contribution in [0.25, 0.3) is 0 Å². The molecule has 1 aliphatic rings. The third kappa shape index (κ3) is 4.34. The molecular weight excluding hydrogens is 248 g/mol. The molecule has 0 aliphatic carbocycles. The fourth-order valence-electron chi connectivity index (χ4n) is 2.91. The third-order valence-corrected chi connectivity index (χ3v) is 4.05. The van der Waals surface area contributed by atoms with E-state index in [1.807, 2.05) is 17.0 Å². The van der Waals surface area contributed by atoms with Crippen molar-refractivity contribution < 1.29 is 4.79 Å². The van der Waals surface area contributed by atoms with Crippen molar-refractivity contribution in [1.29, 1.82) is 0 Å². The first-order valence-corrected chi connectivity index (χ1v) is 7.73. The summed E-state index contributed by atoms with van der Waals surface area (Å²) in [4.78, 5) is 14.4. The van der Waals surface area contributed by atoms with Crippen LogP contribution in [0.5, 0.6) is 0 Å². The van der Waals surface area contributed by atoms with Gasteiger partial charge in [0, 0.05) is 13.1 Å². The normalized spacial score (nSPS) is 18.8. The number of nitrogens with zero attached hydrogens (tertiary/aromatic N) is 1. The molecule has 0 radical (unpaired) electrons. The molecule has 1 saturated heterocycles. The standard InChI is InChI=1S/C17H26N2O/c1-3-19(13-16-8-5-9-18-12-16)17(20)11-15-7-4-6-14(2)10-15/h4,6-7,10,16,18H,3,5,8-9,11-13H2,1-2H3. The average Bonchev–Trinajstić information content (AvgIpc) is 2.45. The molecule has 0 aromatic heterocycles. The van der Waals surface area contributed by atoms with Crippen molar-refractivity contribution >= 4 is 5.91 Å². The van der Waals surface area contributed by atoms with Gasteiger partial charge in [0.1, 0.15) is 0 Å². The summed E-state index contributed by atoms with van der Waals surface area (Å²) >= 11 is 0. The fraction of sp³-hybridized carbons (Fsp3) is 0.588. The van der Waals surface area contributed by atoms with Gasteiger partial charge in [-0.2, -0.15) is 0 Å². The van der Waals surface area contributed by atoms with E-state index in [0.29, 0.717) is 12.3 Å². The lowest BCUT2D eigenvalue weighted by molar-refractivity contribution is -0.131. The molecule has 0 saturated carbocycles. The molecule has 1 amide bonds. The summed E-state index contributed by atoms with van der Waals surface area (Å²) in [5.74, 6) is 0.869. The largest absolute Gasteiger partial charge is 0.342 e. The first kappa shape index (κ1) is 15.0. The van der Waals surface area contributed by atoms with Gasteiger partial charge in [0.15, 0.2) is 0 Å². The second-order valence-electron chi connectivity index (χ2n) is 5.81. The number of benzene rings is 1. The molecule has 110 valence electrons. The van der Waals surface area contributed by atoms with Crippen LogP contribution in [0.2, 0.25) is 0 Å². The maximum atomic E-state index is 12.4. The first-order chi connectivity index (χ1) is 9.69. The van der Waals surface area contributed by atoms with Gasteiger partial charge in [0.05, 0.1) is 6.42 Å². The quantitative estimate of drug-likeness (QED) is 0.894. The summed E-state index contributed by atoms with van der Waals surface area (Å²) in [6.07, 6.45) is 2.99. The predicted octanol–water partition coefficient (Wildman–Crippen LogP) is 2.39. The molecular formula is C17H26N2O. The van der Waals surface area contributed by atoms with Gasteiger partial charge in [0.2, 0.25) is 5.91 Å². The molecule has 3 heteroatoms. The average molecular weight is 274 g/mol. The molecule has 2 rings (SSSR count). The number of hydrogen-bond acceptors (Lipinski definition) is 2. The molecule has 20 heavy (non-hydrogen) atoms. The summed E-state index contributed by atoms with van der Waals surface area (Å²) < 4.78 is 0. The van der Waals surface area contributed by atoms with E-state index in [1.165, 1.54) is 18.4 Å². The van der Waals surface area contributed by atoms with Crippen LogP contribution < -0.4 is 5.32 Å². The van der Waals surface area contributed by atoms with Gasteiger partial charge < -0.3 is 10.2 Å². The van der Waals surface area contributed by atoms with Crippen LogP contribution in [0.1, 0.15) is 30.9 Å². The van der Waals surface area contributed by atoms with Gasteiger partial charge in [-0.05, 0) is 51.3 Å². The zero-order valence-corrected chi connectivity index (χ0v) is 12.7. The molecule has 3 nitrogen and oxygen atoms in total. The Hall–Kier alpha value is -1.35. The van der Waals surface area contributed by atoms with Gasteiger partial charge in [-0.3, -0.25) is 4.79 Å². The number of amides is 1. The Balaban J connectivity index is 1.91. The Kier molecular flexibility index (Phi) is 5.60. The first-order valence-electron chi connectivity index (χ1n) is 7.73. The van der Waals surface area contributed by atoms with Crippen LogP contribution in [0, 0.1) is 12.8 Å². The van der Waals surface area contributed by atoms with E-state index < -0.39 is 0 Å². The topological polar surface area (TPSA) is 32.3 Å². The molecule has 1 N–H and O–H groups in total. The number of carbonyl (C=O) groups is 1.